The second-order valence-electron chi connectivity index (χ2n) is 2.62. The Morgan fingerprint density at radius 1 is 1.60 bits per heavy atom. The van der Waals surface area contributed by atoms with Gasteiger partial charge in [0, 0.05) is 11.6 Å². The summed E-state index contributed by atoms with van der Waals surface area (Å²) in [5, 5.41) is 19.6. The predicted octanol–water partition coefficient (Wildman–Crippen LogP) is 2.30. The summed E-state index contributed by atoms with van der Waals surface area (Å²) in [6, 6.07) is 2.99. The van der Waals surface area contributed by atoms with Gasteiger partial charge in [0.05, 0.1) is 17.1 Å². The van der Waals surface area contributed by atoms with Gasteiger partial charge in [-0.15, -0.1) is 0 Å². The Bertz CT molecular complexity index is 417. The van der Waals surface area contributed by atoms with Crippen LogP contribution in [0.15, 0.2) is 18.3 Å². The molecule has 0 saturated heterocycles. The summed E-state index contributed by atoms with van der Waals surface area (Å²) >= 11 is 5.76. The Hall–Kier alpha value is -1.75. The number of ether oxygens (including phenoxy) is 1. The Balaban J connectivity index is 3.12. The van der Waals surface area contributed by atoms with Gasteiger partial charge in [-0.05, 0) is 12.1 Å². The summed E-state index contributed by atoms with van der Waals surface area (Å²) in [7, 11) is 1.39. The lowest BCUT2D eigenvalue weighted by atomic mass is 10.2. The minimum absolute atomic E-state index is 0.0208. The van der Waals surface area contributed by atoms with Gasteiger partial charge < -0.3 is 9.84 Å². The molecule has 0 saturated carbocycles. The highest BCUT2D eigenvalue weighted by Crippen LogP contribution is 2.36. The number of methoxy groups -OCH3 is 1. The monoisotopic (exact) mass is 229 g/mol. The number of hydrogen-bond donors (Lipinski definition) is 1. The largest absolute Gasteiger partial charge is 0.503 e. The molecule has 1 aromatic rings. The Morgan fingerprint density at radius 3 is 2.80 bits per heavy atom. The number of halogens is 1. The van der Waals surface area contributed by atoms with Crippen LogP contribution in [0.2, 0.25) is 5.02 Å². The topological polar surface area (TPSA) is 72.6 Å². The van der Waals surface area contributed by atoms with Gasteiger partial charge >= 0.3 is 0 Å². The standard InChI is InChI=1S/C9H8ClNO4/c1-15-7-3-2-6(4-5-11(13)14)8(10)9(7)12/h2-5,12H,1H3. The van der Waals surface area contributed by atoms with Gasteiger partial charge in [0.15, 0.2) is 11.5 Å². The van der Waals surface area contributed by atoms with E-state index in [0.717, 1.165) is 6.20 Å². The molecule has 6 heteroatoms. The first kappa shape index (κ1) is 11.3. The van der Waals surface area contributed by atoms with Crippen LogP contribution in [0.25, 0.3) is 6.08 Å². The smallest absolute Gasteiger partial charge is 0.235 e. The molecule has 0 aliphatic carbocycles. The van der Waals surface area contributed by atoms with E-state index in [9.17, 15) is 15.2 Å². The zero-order valence-electron chi connectivity index (χ0n) is 7.81. The fourth-order valence-electron chi connectivity index (χ4n) is 0.997. The van der Waals surface area contributed by atoms with E-state index in [1.165, 1.54) is 25.3 Å². The minimum Gasteiger partial charge on any atom is -0.503 e. The van der Waals surface area contributed by atoms with Crippen LogP contribution in [0.1, 0.15) is 5.56 Å². The maximum atomic E-state index is 10.1. The van der Waals surface area contributed by atoms with Crippen molar-refractivity contribution < 1.29 is 14.8 Å². The molecule has 0 aromatic heterocycles. The van der Waals surface area contributed by atoms with Crippen LogP contribution in [0.4, 0.5) is 0 Å². The van der Waals surface area contributed by atoms with Gasteiger partial charge in [-0.25, -0.2) is 0 Å². The van der Waals surface area contributed by atoms with E-state index in [-0.39, 0.29) is 16.5 Å². The lowest BCUT2D eigenvalue weighted by molar-refractivity contribution is -0.400. The molecule has 0 heterocycles. The molecule has 5 nitrogen and oxygen atoms in total. The molecule has 0 aliphatic rings. The summed E-state index contributed by atoms with van der Waals surface area (Å²) < 4.78 is 4.81. The normalized spacial score (nSPS) is 10.5. The van der Waals surface area contributed by atoms with Crippen LogP contribution in [0, 0.1) is 10.1 Å². The summed E-state index contributed by atoms with van der Waals surface area (Å²) in [6.07, 6.45) is 1.94. The van der Waals surface area contributed by atoms with Gasteiger partial charge in [0.2, 0.25) is 6.20 Å². The van der Waals surface area contributed by atoms with Gasteiger partial charge in [-0.3, -0.25) is 10.1 Å². The Morgan fingerprint density at radius 2 is 2.27 bits per heavy atom. The average Bonchev–Trinajstić information content (AvgIpc) is 2.20. The molecule has 0 spiro atoms. The number of aromatic hydroxyl groups is 1. The average molecular weight is 230 g/mol. The Kier molecular flexibility index (Phi) is 3.51. The van der Waals surface area contributed by atoms with E-state index in [2.05, 4.69) is 0 Å². The highest BCUT2D eigenvalue weighted by atomic mass is 35.5. The van der Waals surface area contributed by atoms with Gasteiger partial charge in [-0.2, -0.15) is 0 Å². The van der Waals surface area contributed by atoms with Crippen molar-refractivity contribution in [3.05, 3.63) is 39.0 Å². The highest BCUT2D eigenvalue weighted by molar-refractivity contribution is 6.33. The highest BCUT2D eigenvalue weighted by Gasteiger charge is 2.09. The molecule has 0 radical (unpaired) electrons. The summed E-state index contributed by atoms with van der Waals surface area (Å²) in [6.45, 7) is 0. The predicted molar refractivity (Wildman–Crippen MR) is 55.7 cm³/mol. The van der Waals surface area contributed by atoms with Crippen molar-refractivity contribution >= 4 is 17.7 Å². The first-order valence-electron chi connectivity index (χ1n) is 3.93. The van der Waals surface area contributed by atoms with Crippen LogP contribution < -0.4 is 4.74 Å². The molecule has 0 unspecified atom stereocenters. The molecule has 80 valence electrons. The van der Waals surface area contributed by atoms with Crippen molar-refractivity contribution in [2.45, 2.75) is 0 Å². The van der Waals surface area contributed by atoms with Gasteiger partial charge in [0.1, 0.15) is 0 Å². The van der Waals surface area contributed by atoms with Crippen LogP contribution in [0.3, 0.4) is 0 Å². The minimum atomic E-state index is -0.613. The fraction of sp³-hybridized carbons (Fsp3) is 0.111. The third kappa shape index (κ3) is 2.60. The molecule has 0 fully saturated rings. The van der Waals surface area contributed by atoms with Crippen LogP contribution >= 0.6 is 11.6 Å². The van der Waals surface area contributed by atoms with E-state index >= 15 is 0 Å². The van der Waals surface area contributed by atoms with E-state index in [0.29, 0.717) is 5.56 Å². The quantitative estimate of drug-likeness (QED) is 0.638. The molecular formula is C9H8ClNO4. The summed E-state index contributed by atoms with van der Waals surface area (Å²) in [4.78, 5) is 9.47. The maximum Gasteiger partial charge on any atom is 0.235 e. The lowest BCUT2D eigenvalue weighted by Crippen LogP contribution is -1.87. The van der Waals surface area contributed by atoms with Crippen molar-refractivity contribution in [1.29, 1.82) is 0 Å². The molecule has 1 rings (SSSR count). The first-order chi connectivity index (χ1) is 7.06. The van der Waals surface area contributed by atoms with Crippen molar-refractivity contribution in [3.8, 4) is 11.5 Å². The number of phenolic OH excluding ortho intramolecular Hbond substituents is 1. The molecule has 0 amide bonds. The van der Waals surface area contributed by atoms with Crippen LogP contribution in [-0.2, 0) is 0 Å². The van der Waals surface area contributed by atoms with Crippen LogP contribution in [-0.4, -0.2) is 17.1 Å². The number of rotatable bonds is 3. The molecule has 0 aliphatic heterocycles. The Labute approximate surface area is 90.7 Å². The third-order valence-electron chi connectivity index (χ3n) is 1.70. The molecule has 1 N–H and O–H groups in total. The molecule has 1 aromatic carbocycles. The fourth-order valence-corrected chi connectivity index (χ4v) is 1.22. The number of benzene rings is 1. The van der Waals surface area contributed by atoms with E-state index in [1.807, 2.05) is 0 Å². The first-order valence-corrected chi connectivity index (χ1v) is 4.31. The van der Waals surface area contributed by atoms with E-state index < -0.39 is 4.92 Å². The number of hydrogen-bond acceptors (Lipinski definition) is 4. The van der Waals surface area contributed by atoms with Gasteiger partial charge in [0.25, 0.3) is 0 Å². The second kappa shape index (κ2) is 4.65. The molecule has 0 atom stereocenters. The summed E-state index contributed by atoms with van der Waals surface area (Å²) in [5.74, 6) is -0.0112. The van der Waals surface area contributed by atoms with E-state index in [1.54, 1.807) is 0 Å². The van der Waals surface area contributed by atoms with Crippen molar-refractivity contribution in [3.63, 3.8) is 0 Å². The number of phenols is 1. The van der Waals surface area contributed by atoms with E-state index in [4.69, 9.17) is 16.3 Å². The van der Waals surface area contributed by atoms with Crippen molar-refractivity contribution in [2.24, 2.45) is 0 Å². The number of nitrogens with zero attached hydrogens (tertiary/aromatic N) is 1. The van der Waals surface area contributed by atoms with Crippen molar-refractivity contribution in [2.75, 3.05) is 7.11 Å². The zero-order valence-corrected chi connectivity index (χ0v) is 8.56. The van der Waals surface area contributed by atoms with Gasteiger partial charge in [-0.1, -0.05) is 11.6 Å². The number of nitro groups is 1. The molecular weight excluding hydrogens is 222 g/mol. The maximum absolute atomic E-state index is 10.1. The second-order valence-corrected chi connectivity index (χ2v) is 3.00. The molecule has 15 heavy (non-hydrogen) atoms. The van der Waals surface area contributed by atoms with Crippen molar-refractivity contribution in [1.82, 2.24) is 0 Å². The zero-order chi connectivity index (χ0) is 11.4. The van der Waals surface area contributed by atoms with Crippen LogP contribution in [0.5, 0.6) is 11.5 Å². The summed E-state index contributed by atoms with van der Waals surface area (Å²) in [5.41, 5.74) is 0.353. The third-order valence-corrected chi connectivity index (χ3v) is 2.10. The SMILES string of the molecule is COc1ccc(C=C[N+](=O)[O-])c(Cl)c1O. The molecule has 0 bridgehead atoms. The lowest BCUT2D eigenvalue weighted by Gasteiger charge is -2.06.